The Labute approximate surface area is 143 Å². The molecule has 1 aliphatic heterocycles. The number of nitrogens with zero attached hydrogens (tertiary/aromatic N) is 4. The first-order valence-corrected chi connectivity index (χ1v) is 11.5. The second-order valence-electron chi connectivity index (χ2n) is 6.80. The molecule has 2 atom stereocenters. The maximum absolute atomic E-state index is 12.9. The van der Waals surface area contributed by atoms with Gasteiger partial charge in [0.25, 0.3) is 10.0 Å². The van der Waals surface area contributed by atoms with Crippen molar-refractivity contribution in [2.75, 3.05) is 20.1 Å². The molecule has 0 aromatic carbocycles. The fourth-order valence-electron chi connectivity index (χ4n) is 2.53. The van der Waals surface area contributed by atoms with Crippen molar-refractivity contribution in [3.8, 4) is 0 Å². The number of hydrogen-bond donors (Lipinski definition) is 0. The average molecular weight is 378 g/mol. The van der Waals surface area contributed by atoms with Crippen LogP contribution in [0, 0.1) is 5.92 Å². The van der Waals surface area contributed by atoms with Crippen molar-refractivity contribution in [1.82, 2.24) is 18.5 Å². The average Bonchev–Trinajstić information content (AvgIpc) is 2.84. The van der Waals surface area contributed by atoms with Crippen molar-refractivity contribution >= 4 is 27.5 Å². The Morgan fingerprint density at radius 1 is 1.26 bits per heavy atom. The van der Waals surface area contributed by atoms with Crippen LogP contribution in [-0.4, -0.2) is 58.4 Å². The van der Waals surface area contributed by atoms with E-state index in [-0.39, 0.29) is 22.5 Å². The predicted molar refractivity (Wildman–Crippen MR) is 99.1 cm³/mol. The molecule has 1 saturated heterocycles. The molecule has 0 bridgehead atoms. The molecule has 1 aliphatic rings. The van der Waals surface area contributed by atoms with E-state index in [0.717, 1.165) is 19.6 Å². The van der Waals surface area contributed by atoms with Crippen LogP contribution in [0.3, 0.4) is 0 Å². The zero-order valence-corrected chi connectivity index (χ0v) is 17.3. The molecule has 1 aromatic rings. The minimum absolute atomic E-state index is 0.187. The summed E-state index contributed by atoms with van der Waals surface area (Å²) < 4.78 is 29.2. The summed E-state index contributed by atoms with van der Waals surface area (Å²) in [5.74, 6) is 0.571. The van der Waals surface area contributed by atoms with Crippen molar-refractivity contribution in [1.29, 1.82) is 0 Å². The molecule has 6 nitrogen and oxygen atoms in total. The quantitative estimate of drug-likeness (QED) is 0.652. The third-order valence-electron chi connectivity index (χ3n) is 3.46. The third kappa shape index (κ3) is 5.20. The van der Waals surface area contributed by atoms with Gasteiger partial charge >= 0.3 is 0 Å². The highest BCUT2D eigenvalue weighted by Gasteiger charge is 2.29. The maximum Gasteiger partial charge on any atom is 0.268 e. The molecule has 0 aliphatic carbocycles. The lowest BCUT2D eigenvalue weighted by atomic mass is 10.0. The van der Waals surface area contributed by atoms with Crippen molar-refractivity contribution in [3.63, 3.8) is 0 Å². The third-order valence-corrected chi connectivity index (χ3v) is 9.03. The zero-order chi connectivity index (χ0) is 17.2. The number of sulfonamides is 1. The van der Waals surface area contributed by atoms with Gasteiger partial charge in [0.15, 0.2) is 5.03 Å². The standard InChI is InChI=1S/C14H28N4O2P2S/c1-11(2)21-18(22-12(3)4)23(19,20)14-6-7-17(15-14)10-13-8-16(5)9-13/h6-7,11-13,21-22H,8-10H2,1-5H3. The largest absolute Gasteiger partial charge is 0.306 e. The lowest BCUT2D eigenvalue weighted by Gasteiger charge is -2.35. The Balaban J connectivity index is 2.11. The number of aromatic nitrogens is 2. The molecule has 2 rings (SSSR count). The molecule has 1 aromatic heterocycles. The molecule has 2 heterocycles. The molecule has 0 spiro atoms. The highest BCUT2D eigenvalue weighted by Crippen LogP contribution is 2.43. The van der Waals surface area contributed by atoms with Gasteiger partial charge in [-0.1, -0.05) is 27.7 Å². The van der Waals surface area contributed by atoms with Gasteiger partial charge in [-0.15, -0.1) is 0 Å². The molecule has 0 N–H and O–H groups in total. The smallest absolute Gasteiger partial charge is 0.268 e. The Morgan fingerprint density at radius 2 is 1.83 bits per heavy atom. The van der Waals surface area contributed by atoms with Gasteiger partial charge in [-0.3, -0.25) is 4.68 Å². The molecule has 132 valence electrons. The van der Waals surface area contributed by atoms with Crippen LogP contribution < -0.4 is 0 Å². The van der Waals surface area contributed by atoms with Gasteiger partial charge in [0.2, 0.25) is 0 Å². The molecule has 0 saturated carbocycles. The second kappa shape index (κ2) is 7.88. The Hall–Kier alpha value is -0.0600. The summed E-state index contributed by atoms with van der Waals surface area (Å²) in [7, 11) is -0.871. The Morgan fingerprint density at radius 3 is 2.30 bits per heavy atom. The number of rotatable bonds is 8. The predicted octanol–water partition coefficient (Wildman–Crippen LogP) is 2.44. The number of likely N-dealkylation sites (tertiary alicyclic amines) is 1. The fraction of sp³-hybridized carbons (Fsp3) is 0.786. The Bertz CT molecular complexity index is 602. The van der Waals surface area contributed by atoms with Crippen molar-refractivity contribution in [3.05, 3.63) is 12.3 Å². The molecular weight excluding hydrogens is 350 g/mol. The van der Waals surface area contributed by atoms with Crippen LogP contribution in [0.2, 0.25) is 0 Å². The molecule has 9 heteroatoms. The van der Waals surface area contributed by atoms with Crippen molar-refractivity contribution in [2.24, 2.45) is 5.92 Å². The molecule has 1 fully saturated rings. The fourth-order valence-corrected chi connectivity index (χ4v) is 8.88. The normalized spacial score (nSPS) is 18.4. The summed E-state index contributed by atoms with van der Waals surface area (Å²) in [6, 6.07) is 1.64. The first kappa shape index (κ1) is 19.3. The van der Waals surface area contributed by atoms with Crippen molar-refractivity contribution < 1.29 is 8.42 Å². The molecular formula is C14H28N4O2P2S. The first-order valence-electron chi connectivity index (χ1n) is 7.98. The lowest BCUT2D eigenvalue weighted by Crippen LogP contribution is -2.45. The van der Waals surface area contributed by atoms with Gasteiger partial charge in [0.05, 0.1) is 0 Å². The maximum atomic E-state index is 12.9. The SMILES string of the molecule is CC(C)PN(PC(C)C)S(=O)(=O)c1ccn(CC2CN(C)C2)n1. The number of hydrogen-bond acceptors (Lipinski definition) is 4. The monoisotopic (exact) mass is 378 g/mol. The minimum Gasteiger partial charge on any atom is -0.306 e. The van der Waals surface area contributed by atoms with E-state index in [1.807, 2.05) is 0 Å². The van der Waals surface area contributed by atoms with E-state index in [1.54, 1.807) is 20.8 Å². The van der Waals surface area contributed by atoms with Gasteiger partial charge in [-0.25, -0.2) is 8.42 Å². The van der Waals surface area contributed by atoms with Gasteiger partial charge in [0.1, 0.15) is 0 Å². The van der Waals surface area contributed by atoms with Crippen LogP contribution in [0.5, 0.6) is 0 Å². The molecule has 0 amide bonds. The van der Waals surface area contributed by atoms with Crippen LogP contribution in [0.1, 0.15) is 27.7 Å². The van der Waals surface area contributed by atoms with Crippen LogP contribution in [-0.2, 0) is 16.6 Å². The summed E-state index contributed by atoms with van der Waals surface area (Å²) in [6.45, 7) is 11.1. The highest BCUT2D eigenvalue weighted by atomic mass is 32.2. The molecule has 23 heavy (non-hydrogen) atoms. The van der Waals surface area contributed by atoms with E-state index < -0.39 is 10.0 Å². The minimum atomic E-state index is -3.49. The summed E-state index contributed by atoms with van der Waals surface area (Å²) in [6.07, 6.45) is 1.79. The van der Waals surface area contributed by atoms with Gasteiger partial charge in [-0.2, -0.15) is 8.94 Å². The zero-order valence-electron chi connectivity index (χ0n) is 14.5. The van der Waals surface area contributed by atoms with Gasteiger partial charge in [0, 0.05) is 31.7 Å². The van der Waals surface area contributed by atoms with E-state index in [2.05, 4.69) is 44.7 Å². The van der Waals surface area contributed by atoms with Crippen LogP contribution in [0.4, 0.5) is 0 Å². The van der Waals surface area contributed by atoms with Crippen LogP contribution in [0.15, 0.2) is 17.3 Å². The van der Waals surface area contributed by atoms with E-state index in [1.165, 1.54) is 0 Å². The van der Waals surface area contributed by atoms with E-state index in [4.69, 9.17) is 0 Å². The van der Waals surface area contributed by atoms with Crippen LogP contribution >= 0.6 is 17.5 Å². The molecule has 0 radical (unpaired) electrons. The summed E-state index contributed by atoms with van der Waals surface area (Å²) in [5.41, 5.74) is 0.646. The first-order chi connectivity index (χ1) is 10.7. The van der Waals surface area contributed by atoms with Crippen LogP contribution in [0.25, 0.3) is 0 Å². The Kier molecular flexibility index (Phi) is 6.60. The topological polar surface area (TPSA) is 58.4 Å². The van der Waals surface area contributed by atoms with Gasteiger partial charge in [-0.05, 0) is 41.9 Å². The van der Waals surface area contributed by atoms with E-state index in [9.17, 15) is 8.42 Å². The summed E-state index contributed by atoms with van der Waals surface area (Å²) in [4.78, 5) is 2.25. The van der Waals surface area contributed by atoms with E-state index >= 15 is 0 Å². The highest BCUT2D eigenvalue weighted by molar-refractivity contribution is 7.97. The summed E-state index contributed by atoms with van der Waals surface area (Å²) >= 11 is 0. The van der Waals surface area contributed by atoms with Gasteiger partial charge < -0.3 is 4.90 Å². The van der Waals surface area contributed by atoms with E-state index in [0.29, 0.717) is 17.2 Å². The summed E-state index contributed by atoms with van der Waals surface area (Å²) in [5, 5.41) is 4.53. The lowest BCUT2D eigenvalue weighted by molar-refractivity contribution is 0.115. The second-order valence-corrected chi connectivity index (χ2v) is 13.3. The molecule has 2 unspecified atom stereocenters. The van der Waals surface area contributed by atoms with Crippen molar-refractivity contribution in [2.45, 2.75) is 50.6 Å².